The molecule has 0 spiro atoms. The molecular formula is C17H21ClFNOS. The minimum atomic E-state index is -0.315. The van der Waals surface area contributed by atoms with Crippen molar-refractivity contribution in [3.8, 4) is 0 Å². The number of hydrogen-bond acceptors (Lipinski definition) is 2. The van der Waals surface area contributed by atoms with Gasteiger partial charge in [-0.3, -0.25) is 4.79 Å². The number of piperidine rings is 1. The molecule has 0 saturated carbocycles. The zero-order valence-corrected chi connectivity index (χ0v) is 14.3. The molecule has 2 nitrogen and oxygen atoms in total. The van der Waals surface area contributed by atoms with Crippen molar-refractivity contribution in [2.45, 2.75) is 55.9 Å². The van der Waals surface area contributed by atoms with E-state index in [1.807, 2.05) is 11.8 Å². The Bertz CT molecular complexity index is 533. The number of halogens is 2. The van der Waals surface area contributed by atoms with Crippen LogP contribution in [0.2, 0.25) is 5.02 Å². The number of fused-ring (bicyclic) bond motifs is 2. The molecular weight excluding hydrogens is 321 g/mol. The summed E-state index contributed by atoms with van der Waals surface area (Å²) in [5.74, 6) is -0.157. The molecule has 2 aliphatic rings. The van der Waals surface area contributed by atoms with Gasteiger partial charge in [-0.15, -0.1) is 0 Å². The molecule has 0 aromatic heterocycles. The van der Waals surface area contributed by atoms with E-state index in [1.165, 1.54) is 6.07 Å². The van der Waals surface area contributed by atoms with Crippen LogP contribution >= 0.6 is 23.4 Å². The molecule has 1 aromatic carbocycles. The number of carbonyl (C=O) groups is 1. The summed E-state index contributed by atoms with van der Waals surface area (Å²) in [4.78, 5) is 14.7. The van der Waals surface area contributed by atoms with Crippen molar-refractivity contribution in [2.24, 2.45) is 0 Å². The van der Waals surface area contributed by atoms with Crippen molar-refractivity contribution in [3.63, 3.8) is 0 Å². The SMILES string of the molecule is CSC1CC2CCC(C1)N2C(=O)CCc1c(F)cccc1Cl. The van der Waals surface area contributed by atoms with E-state index in [4.69, 9.17) is 11.6 Å². The van der Waals surface area contributed by atoms with Gasteiger partial charge in [-0.1, -0.05) is 17.7 Å². The maximum absolute atomic E-state index is 13.8. The minimum absolute atomic E-state index is 0.159. The minimum Gasteiger partial charge on any atom is -0.337 e. The quantitative estimate of drug-likeness (QED) is 0.814. The lowest BCUT2D eigenvalue weighted by molar-refractivity contribution is -0.135. The van der Waals surface area contributed by atoms with Gasteiger partial charge in [0.05, 0.1) is 0 Å². The summed E-state index contributed by atoms with van der Waals surface area (Å²) in [6, 6.07) is 5.45. The van der Waals surface area contributed by atoms with Crippen LogP contribution in [0.25, 0.3) is 0 Å². The number of amides is 1. The van der Waals surface area contributed by atoms with Crippen LogP contribution in [-0.2, 0) is 11.2 Å². The third kappa shape index (κ3) is 3.13. The highest BCUT2D eigenvalue weighted by Crippen LogP contribution is 2.40. The number of hydrogen-bond donors (Lipinski definition) is 0. The Morgan fingerprint density at radius 3 is 2.64 bits per heavy atom. The van der Waals surface area contributed by atoms with Crippen molar-refractivity contribution in [2.75, 3.05) is 6.26 Å². The van der Waals surface area contributed by atoms with E-state index in [0.717, 1.165) is 25.7 Å². The molecule has 2 bridgehead atoms. The summed E-state index contributed by atoms with van der Waals surface area (Å²) in [7, 11) is 0. The number of benzene rings is 1. The normalized spacial score (nSPS) is 27.2. The van der Waals surface area contributed by atoms with E-state index in [2.05, 4.69) is 11.2 Å². The Labute approximate surface area is 140 Å². The van der Waals surface area contributed by atoms with Gasteiger partial charge in [-0.05, 0) is 50.5 Å². The van der Waals surface area contributed by atoms with Gasteiger partial charge in [0.15, 0.2) is 0 Å². The Kier molecular flexibility index (Phi) is 4.98. The summed E-state index contributed by atoms with van der Waals surface area (Å²) in [5, 5.41) is 1.10. The first-order chi connectivity index (χ1) is 10.6. The third-order valence-electron chi connectivity index (χ3n) is 4.96. The molecule has 3 rings (SSSR count). The Morgan fingerprint density at radius 2 is 2.05 bits per heavy atom. The van der Waals surface area contributed by atoms with E-state index in [0.29, 0.717) is 40.8 Å². The average Bonchev–Trinajstić information content (AvgIpc) is 2.77. The first kappa shape index (κ1) is 16.1. The second kappa shape index (κ2) is 6.79. The summed E-state index contributed by atoms with van der Waals surface area (Å²) in [5.41, 5.74) is 0.462. The van der Waals surface area contributed by atoms with E-state index >= 15 is 0 Å². The predicted octanol–water partition coefficient (Wildman–Crippen LogP) is 4.30. The van der Waals surface area contributed by atoms with Gasteiger partial charge >= 0.3 is 0 Å². The highest BCUT2D eigenvalue weighted by Gasteiger charge is 2.42. The van der Waals surface area contributed by atoms with Crippen LogP contribution in [-0.4, -0.2) is 34.4 Å². The number of thioether (sulfide) groups is 1. The van der Waals surface area contributed by atoms with E-state index in [9.17, 15) is 9.18 Å². The highest BCUT2D eigenvalue weighted by atomic mass is 35.5. The first-order valence-corrected chi connectivity index (χ1v) is 9.53. The van der Waals surface area contributed by atoms with Gasteiger partial charge in [0.25, 0.3) is 0 Å². The topological polar surface area (TPSA) is 20.3 Å². The van der Waals surface area contributed by atoms with E-state index < -0.39 is 0 Å². The molecule has 0 aliphatic carbocycles. The van der Waals surface area contributed by atoms with Crippen LogP contribution in [0.4, 0.5) is 4.39 Å². The van der Waals surface area contributed by atoms with Crippen molar-refractivity contribution in [1.29, 1.82) is 0 Å². The van der Waals surface area contributed by atoms with Crippen LogP contribution in [0.5, 0.6) is 0 Å². The maximum Gasteiger partial charge on any atom is 0.223 e. The second-order valence-electron chi connectivity index (χ2n) is 6.22. The third-order valence-corrected chi connectivity index (χ3v) is 6.37. The fourth-order valence-electron chi connectivity index (χ4n) is 3.86. The van der Waals surface area contributed by atoms with Crippen LogP contribution < -0.4 is 0 Å². The van der Waals surface area contributed by atoms with Gasteiger partial charge in [0.1, 0.15) is 5.82 Å². The smallest absolute Gasteiger partial charge is 0.223 e. The number of rotatable bonds is 4. The largest absolute Gasteiger partial charge is 0.337 e. The molecule has 1 aromatic rings. The van der Waals surface area contributed by atoms with Gasteiger partial charge in [0, 0.05) is 34.3 Å². The van der Waals surface area contributed by atoms with Gasteiger partial charge in [-0.25, -0.2) is 4.39 Å². The molecule has 2 saturated heterocycles. The first-order valence-electron chi connectivity index (χ1n) is 7.87. The zero-order chi connectivity index (χ0) is 15.7. The van der Waals surface area contributed by atoms with Gasteiger partial charge < -0.3 is 4.90 Å². The molecule has 2 fully saturated rings. The molecule has 2 atom stereocenters. The molecule has 5 heteroatoms. The monoisotopic (exact) mass is 341 g/mol. The van der Waals surface area contributed by atoms with Crippen LogP contribution in [0.15, 0.2) is 18.2 Å². The Hall–Kier alpha value is -0.740. The Morgan fingerprint density at radius 1 is 1.36 bits per heavy atom. The van der Waals surface area contributed by atoms with Crippen molar-refractivity contribution in [1.82, 2.24) is 4.90 Å². The fourth-order valence-corrected chi connectivity index (χ4v) is 4.95. The molecule has 0 N–H and O–H groups in total. The lowest BCUT2D eigenvalue weighted by atomic mass is 10.0. The molecule has 2 heterocycles. The summed E-state index contributed by atoms with van der Waals surface area (Å²) < 4.78 is 13.8. The lowest BCUT2D eigenvalue weighted by Crippen LogP contribution is -2.47. The average molecular weight is 342 g/mol. The molecule has 2 unspecified atom stereocenters. The standard InChI is InChI=1S/C17H21ClFNOS/c1-22-13-9-11-5-6-12(10-13)20(11)17(21)8-7-14-15(18)3-2-4-16(14)19/h2-4,11-13H,5-10H2,1H3. The summed E-state index contributed by atoms with van der Waals surface area (Å²) in [6.45, 7) is 0. The van der Waals surface area contributed by atoms with Crippen molar-refractivity contribution >= 4 is 29.3 Å². The van der Waals surface area contributed by atoms with E-state index in [-0.39, 0.29) is 11.7 Å². The van der Waals surface area contributed by atoms with Crippen molar-refractivity contribution in [3.05, 3.63) is 34.6 Å². The highest BCUT2D eigenvalue weighted by molar-refractivity contribution is 7.99. The molecule has 2 aliphatic heterocycles. The predicted molar refractivity (Wildman–Crippen MR) is 89.9 cm³/mol. The number of carbonyl (C=O) groups excluding carboxylic acids is 1. The summed E-state index contributed by atoms with van der Waals surface area (Å²) >= 11 is 7.95. The lowest BCUT2D eigenvalue weighted by Gasteiger charge is -2.38. The Balaban J connectivity index is 1.64. The zero-order valence-electron chi connectivity index (χ0n) is 12.7. The van der Waals surface area contributed by atoms with Crippen molar-refractivity contribution < 1.29 is 9.18 Å². The summed E-state index contributed by atoms with van der Waals surface area (Å²) in [6.07, 6.45) is 7.32. The van der Waals surface area contributed by atoms with Gasteiger partial charge in [0.2, 0.25) is 5.91 Å². The van der Waals surface area contributed by atoms with Crippen LogP contribution in [0.3, 0.4) is 0 Å². The number of nitrogens with zero attached hydrogens (tertiary/aromatic N) is 1. The van der Waals surface area contributed by atoms with Crippen LogP contribution in [0, 0.1) is 5.82 Å². The fraction of sp³-hybridized carbons (Fsp3) is 0.588. The molecule has 22 heavy (non-hydrogen) atoms. The molecule has 120 valence electrons. The molecule has 1 amide bonds. The van der Waals surface area contributed by atoms with E-state index in [1.54, 1.807) is 12.1 Å². The maximum atomic E-state index is 13.8. The second-order valence-corrected chi connectivity index (χ2v) is 7.76. The van der Waals surface area contributed by atoms with Gasteiger partial charge in [-0.2, -0.15) is 11.8 Å². The van der Waals surface area contributed by atoms with Crippen LogP contribution in [0.1, 0.15) is 37.7 Å². The molecule has 0 radical (unpaired) electrons.